The minimum absolute atomic E-state index is 0.645. The first-order valence-electron chi connectivity index (χ1n) is 7.87. The molecule has 2 amide bonds. The van der Waals surface area contributed by atoms with E-state index in [9.17, 15) is 9.59 Å². The number of amides is 2. The Hall–Kier alpha value is -2.62. The number of rotatable bonds is 5. The molecule has 0 atom stereocenters. The predicted octanol–water partition coefficient (Wildman–Crippen LogP) is 3.91. The zero-order valence-electron chi connectivity index (χ0n) is 13.6. The first-order chi connectivity index (χ1) is 11.1. The summed E-state index contributed by atoms with van der Waals surface area (Å²) in [6.07, 6.45) is 3.00. The Morgan fingerprint density at radius 2 is 1.43 bits per heavy atom. The summed E-state index contributed by atoms with van der Waals surface area (Å²) in [5, 5.41) is 5.35. The molecule has 4 heteroatoms. The van der Waals surface area contributed by atoms with E-state index in [0.29, 0.717) is 11.4 Å². The molecule has 0 saturated heterocycles. The van der Waals surface area contributed by atoms with Gasteiger partial charge in [0.25, 0.3) is 0 Å². The summed E-state index contributed by atoms with van der Waals surface area (Å²) in [7, 11) is 0. The van der Waals surface area contributed by atoms with E-state index in [2.05, 4.69) is 17.6 Å². The lowest BCUT2D eigenvalue weighted by Gasteiger charge is -2.11. The third kappa shape index (κ3) is 4.68. The quantitative estimate of drug-likeness (QED) is 0.822. The lowest BCUT2D eigenvalue weighted by Crippen LogP contribution is -2.29. The molecule has 0 aliphatic carbocycles. The molecule has 0 spiro atoms. The molecule has 0 bridgehead atoms. The highest BCUT2D eigenvalue weighted by Gasteiger charge is 2.16. The zero-order valence-corrected chi connectivity index (χ0v) is 13.6. The topological polar surface area (TPSA) is 58.2 Å². The molecule has 2 aromatic rings. The van der Waals surface area contributed by atoms with Crippen LogP contribution in [0.1, 0.15) is 30.9 Å². The maximum atomic E-state index is 12.1. The summed E-state index contributed by atoms with van der Waals surface area (Å²) in [5.41, 5.74) is 3.31. The molecular formula is C19H22N2O2. The van der Waals surface area contributed by atoms with Gasteiger partial charge in [0.05, 0.1) is 0 Å². The molecule has 2 aromatic carbocycles. The highest BCUT2D eigenvalue weighted by atomic mass is 16.2. The third-order valence-corrected chi connectivity index (χ3v) is 3.66. The van der Waals surface area contributed by atoms with Crippen molar-refractivity contribution < 1.29 is 9.59 Å². The van der Waals surface area contributed by atoms with Crippen LogP contribution >= 0.6 is 0 Å². The van der Waals surface area contributed by atoms with Crippen molar-refractivity contribution >= 4 is 23.2 Å². The maximum absolute atomic E-state index is 12.1. The molecular weight excluding hydrogens is 288 g/mol. The lowest BCUT2D eigenvalue weighted by atomic mass is 10.1. The number of unbranched alkanes of at least 4 members (excludes halogenated alkanes) is 1. The van der Waals surface area contributed by atoms with Crippen molar-refractivity contribution in [3.05, 3.63) is 59.7 Å². The molecule has 0 unspecified atom stereocenters. The fourth-order valence-corrected chi connectivity index (χ4v) is 2.30. The van der Waals surface area contributed by atoms with E-state index in [1.165, 1.54) is 0 Å². The fraction of sp³-hybridized carbons (Fsp3) is 0.263. The molecule has 4 nitrogen and oxygen atoms in total. The van der Waals surface area contributed by atoms with Gasteiger partial charge in [-0.1, -0.05) is 49.7 Å². The van der Waals surface area contributed by atoms with E-state index in [1.807, 2.05) is 49.4 Å². The number of nitrogens with one attached hydrogen (secondary N) is 2. The van der Waals surface area contributed by atoms with Gasteiger partial charge in [-0.2, -0.15) is 0 Å². The van der Waals surface area contributed by atoms with Crippen LogP contribution in [0.15, 0.2) is 48.5 Å². The summed E-state index contributed by atoms with van der Waals surface area (Å²) in [6.45, 7) is 4.00. The number of benzene rings is 2. The number of hydrogen-bond acceptors (Lipinski definition) is 2. The smallest absolute Gasteiger partial charge is 0.314 e. The Balaban J connectivity index is 2.04. The highest BCUT2D eigenvalue weighted by molar-refractivity contribution is 6.43. The van der Waals surface area contributed by atoms with Crippen molar-refractivity contribution in [2.45, 2.75) is 33.1 Å². The lowest BCUT2D eigenvalue weighted by molar-refractivity contribution is -0.133. The van der Waals surface area contributed by atoms with Crippen LogP contribution in [0.5, 0.6) is 0 Å². The van der Waals surface area contributed by atoms with Crippen molar-refractivity contribution in [3.8, 4) is 0 Å². The molecule has 0 aliphatic rings. The van der Waals surface area contributed by atoms with Crippen LogP contribution in [0.25, 0.3) is 0 Å². The second kappa shape index (κ2) is 8.13. The molecule has 0 heterocycles. The average Bonchev–Trinajstić information content (AvgIpc) is 2.56. The minimum atomic E-state index is -0.662. The maximum Gasteiger partial charge on any atom is 0.314 e. The van der Waals surface area contributed by atoms with Gasteiger partial charge < -0.3 is 10.6 Å². The van der Waals surface area contributed by atoms with Gasteiger partial charge in [-0.25, -0.2) is 0 Å². The number of hydrogen-bond donors (Lipinski definition) is 2. The Morgan fingerprint density at radius 3 is 2.09 bits per heavy atom. The monoisotopic (exact) mass is 310 g/mol. The molecule has 23 heavy (non-hydrogen) atoms. The Labute approximate surface area is 136 Å². The van der Waals surface area contributed by atoms with Gasteiger partial charge in [-0.05, 0) is 43.0 Å². The number of aryl methyl sites for hydroxylation is 2. The first-order valence-corrected chi connectivity index (χ1v) is 7.87. The van der Waals surface area contributed by atoms with E-state index in [0.717, 1.165) is 30.4 Å². The standard InChI is InChI=1S/C19H22N2O2/c1-3-4-10-15-11-6-8-13-17(15)21-19(23)18(22)20-16-12-7-5-9-14(16)2/h5-9,11-13H,3-4,10H2,1-2H3,(H,20,22)(H,21,23). The van der Waals surface area contributed by atoms with Crippen LogP contribution in [0.4, 0.5) is 11.4 Å². The van der Waals surface area contributed by atoms with Gasteiger partial charge >= 0.3 is 11.8 Å². The van der Waals surface area contributed by atoms with Crippen molar-refractivity contribution in [2.75, 3.05) is 10.6 Å². The normalized spacial score (nSPS) is 10.2. The van der Waals surface area contributed by atoms with E-state index < -0.39 is 11.8 Å². The van der Waals surface area contributed by atoms with Crippen molar-refractivity contribution in [1.82, 2.24) is 0 Å². The summed E-state index contributed by atoms with van der Waals surface area (Å²) in [4.78, 5) is 24.2. The van der Waals surface area contributed by atoms with Gasteiger partial charge in [-0.3, -0.25) is 9.59 Å². The largest absolute Gasteiger partial charge is 0.318 e. The Morgan fingerprint density at radius 1 is 0.870 bits per heavy atom. The van der Waals surface area contributed by atoms with Gasteiger partial charge in [-0.15, -0.1) is 0 Å². The van der Waals surface area contributed by atoms with Crippen LogP contribution < -0.4 is 10.6 Å². The summed E-state index contributed by atoms with van der Waals surface area (Å²) < 4.78 is 0. The summed E-state index contributed by atoms with van der Waals surface area (Å²) >= 11 is 0. The van der Waals surface area contributed by atoms with Gasteiger partial charge in [0.2, 0.25) is 0 Å². The molecule has 0 aromatic heterocycles. The van der Waals surface area contributed by atoms with E-state index in [-0.39, 0.29) is 0 Å². The van der Waals surface area contributed by atoms with Crippen LogP contribution in [0.3, 0.4) is 0 Å². The van der Waals surface area contributed by atoms with Crippen molar-refractivity contribution in [1.29, 1.82) is 0 Å². The summed E-state index contributed by atoms with van der Waals surface area (Å²) in [5.74, 6) is -1.32. The molecule has 0 fully saturated rings. The highest BCUT2D eigenvalue weighted by Crippen LogP contribution is 2.18. The molecule has 0 saturated carbocycles. The van der Waals surface area contributed by atoms with E-state index in [1.54, 1.807) is 6.07 Å². The Bertz CT molecular complexity index is 695. The molecule has 2 rings (SSSR count). The first kappa shape index (κ1) is 16.7. The van der Waals surface area contributed by atoms with Gasteiger partial charge in [0.1, 0.15) is 0 Å². The van der Waals surface area contributed by atoms with Gasteiger partial charge in [0, 0.05) is 11.4 Å². The molecule has 120 valence electrons. The van der Waals surface area contributed by atoms with Crippen LogP contribution in [-0.4, -0.2) is 11.8 Å². The minimum Gasteiger partial charge on any atom is -0.318 e. The van der Waals surface area contributed by atoms with Crippen LogP contribution in [0, 0.1) is 6.92 Å². The predicted molar refractivity (Wildman–Crippen MR) is 93.5 cm³/mol. The number of para-hydroxylation sites is 2. The summed E-state index contributed by atoms with van der Waals surface area (Å²) in [6, 6.07) is 15.0. The van der Waals surface area contributed by atoms with E-state index >= 15 is 0 Å². The fourth-order valence-electron chi connectivity index (χ4n) is 2.30. The van der Waals surface area contributed by atoms with E-state index in [4.69, 9.17) is 0 Å². The second-order valence-electron chi connectivity index (χ2n) is 5.48. The SMILES string of the molecule is CCCCc1ccccc1NC(=O)C(=O)Nc1ccccc1C. The number of anilines is 2. The number of carbonyl (C=O) groups is 2. The van der Waals surface area contributed by atoms with Crippen molar-refractivity contribution in [3.63, 3.8) is 0 Å². The molecule has 0 aliphatic heterocycles. The van der Waals surface area contributed by atoms with Gasteiger partial charge in [0.15, 0.2) is 0 Å². The van der Waals surface area contributed by atoms with Crippen LogP contribution in [0.2, 0.25) is 0 Å². The average molecular weight is 310 g/mol. The molecule has 2 N–H and O–H groups in total. The number of carbonyl (C=O) groups excluding carboxylic acids is 2. The Kier molecular flexibility index (Phi) is 5.92. The zero-order chi connectivity index (χ0) is 16.7. The van der Waals surface area contributed by atoms with Crippen LogP contribution in [-0.2, 0) is 16.0 Å². The third-order valence-electron chi connectivity index (χ3n) is 3.66. The van der Waals surface area contributed by atoms with Crippen molar-refractivity contribution in [2.24, 2.45) is 0 Å². The second-order valence-corrected chi connectivity index (χ2v) is 5.48. The molecule has 0 radical (unpaired) electrons.